The highest BCUT2D eigenvalue weighted by Crippen LogP contribution is 2.20. The molecule has 3 aromatic rings. The molecule has 1 amide bonds. The van der Waals surface area contributed by atoms with Crippen LogP contribution in [0, 0.1) is 18.3 Å². The Morgan fingerprint density at radius 2 is 1.77 bits per heavy atom. The molecule has 3 rings (SSSR count). The van der Waals surface area contributed by atoms with Crippen LogP contribution in [0.5, 0.6) is 0 Å². The summed E-state index contributed by atoms with van der Waals surface area (Å²) in [6.07, 6.45) is 0. The fourth-order valence-corrected chi connectivity index (χ4v) is 2.41. The topological polar surface area (TPSA) is 81.9 Å². The summed E-state index contributed by atoms with van der Waals surface area (Å²) in [5, 5.41) is 11.6. The van der Waals surface area contributed by atoms with Crippen LogP contribution < -0.4 is 10.2 Å². The van der Waals surface area contributed by atoms with Crippen LogP contribution in [0.25, 0.3) is 0 Å². The standard InChI is InChI=1S/C20H17N5O/c1-14-12-18(19(26)23-16-10-8-15(13-21)9-11-16)24-20(22-14)25(2)17-6-4-3-5-7-17/h3-12H,1-2H3,(H,23,26). The second kappa shape index (κ2) is 7.45. The van der Waals surface area contributed by atoms with Crippen LogP contribution in [0.4, 0.5) is 17.3 Å². The van der Waals surface area contributed by atoms with Crippen molar-refractivity contribution >= 4 is 23.2 Å². The van der Waals surface area contributed by atoms with E-state index in [2.05, 4.69) is 15.3 Å². The van der Waals surface area contributed by atoms with Gasteiger partial charge in [-0.1, -0.05) is 18.2 Å². The van der Waals surface area contributed by atoms with Gasteiger partial charge in [-0.2, -0.15) is 5.26 Å². The van der Waals surface area contributed by atoms with Crippen molar-refractivity contribution in [1.82, 2.24) is 9.97 Å². The third-order valence-corrected chi connectivity index (χ3v) is 3.79. The lowest BCUT2D eigenvalue weighted by Crippen LogP contribution is -2.19. The molecule has 0 aliphatic heterocycles. The normalized spacial score (nSPS) is 10.0. The van der Waals surface area contributed by atoms with Crippen molar-refractivity contribution < 1.29 is 4.79 Å². The van der Waals surface area contributed by atoms with Gasteiger partial charge in [0.25, 0.3) is 5.91 Å². The van der Waals surface area contributed by atoms with E-state index in [9.17, 15) is 4.79 Å². The van der Waals surface area contributed by atoms with Crippen LogP contribution in [-0.2, 0) is 0 Å². The molecule has 26 heavy (non-hydrogen) atoms. The monoisotopic (exact) mass is 343 g/mol. The van der Waals surface area contributed by atoms with E-state index >= 15 is 0 Å². The van der Waals surface area contributed by atoms with Crippen LogP contribution in [-0.4, -0.2) is 22.9 Å². The quantitative estimate of drug-likeness (QED) is 0.781. The summed E-state index contributed by atoms with van der Waals surface area (Å²) in [5.74, 6) is 0.115. The van der Waals surface area contributed by atoms with E-state index in [0.29, 0.717) is 22.9 Å². The Labute approximate surface area is 151 Å². The number of nitrogens with zero attached hydrogens (tertiary/aromatic N) is 4. The number of para-hydroxylation sites is 1. The first-order valence-corrected chi connectivity index (χ1v) is 8.03. The van der Waals surface area contributed by atoms with E-state index in [1.54, 1.807) is 30.3 Å². The lowest BCUT2D eigenvalue weighted by atomic mass is 10.2. The molecule has 0 aliphatic carbocycles. The molecule has 1 aromatic heterocycles. The molecule has 0 bridgehead atoms. The van der Waals surface area contributed by atoms with E-state index in [1.807, 2.05) is 55.3 Å². The summed E-state index contributed by atoms with van der Waals surface area (Å²) in [7, 11) is 1.85. The molecule has 2 aromatic carbocycles. The number of nitriles is 1. The number of amides is 1. The van der Waals surface area contributed by atoms with Crippen LogP contribution in [0.15, 0.2) is 60.7 Å². The maximum atomic E-state index is 12.5. The number of rotatable bonds is 4. The van der Waals surface area contributed by atoms with Gasteiger partial charge in [-0.25, -0.2) is 9.97 Å². The summed E-state index contributed by atoms with van der Waals surface area (Å²) in [4.78, 5) is 23.2. The Hall–Kier alpha value is -3.72. The highest BCUT2D eigenvalue weighted by Gasteiger charge is 2.14. The highest BCUT2D eigenvalue weighted by molar-refractivity contribution is 6.03. The van der Waals surface area contributed by atoms with Gasteiger partial charge >= 0.3 is 0 Å². The molecule has 1 heterocycles. The first-order chi connectivity index (χ1) is 12.6. The molecule has 0 unspecified atom stereocenters. The van der Waals surface area contributed by atoms with Gasteiger partial charge in [0.1, 0.15) is 5.69 Å². The number of carbonyl (C=O) groups excluding carboxylic acids is 1. The molecule has 1 N–H and O–H groups in total. The second-order valence-electron chi connectivity index (χ2n) is 5.73. The maximum absolute atomic E-state index is 12.5. The fourth-order valence-electron chi connectivity index (χ4n) is 2.41. The number of carbonyl (C=O) groups is 1. The Morgan fingerprint density at radius 1 is 1.08 bits per heavy atom. The van der Waals surface area contributed by atoms with Crippen LogP contribution in [0.3, 0.4) is 0 Å². The van der Waals surface area contributed by atoms with Crippen LogP contribution >= 0.6 is 0 Å². The van der Waals surface area contributed by atoms with Crippen molar-refractivity contribution in [2.45, 2.75) is 6.92 Å². The molecule has 0 saturated carbocycles. The third kappa shape index (κ3) is 3.84. The maximum Gasteiger partial charge on any atom is 0.274 e. The number of nitrogens with one attached hydrogen (secondary N) is 1. The van der Waals surface area contributed by atoms with Crippen molar-refractivity contribution in [1.29, 1.82) is 5.26 Å². The van der Waals surface area contributed by atoms with Gasteiger partial charge in [0.15, 0.2) is 0 Å². The number of hydrogen-bond donors (Lipinski definition) is 1. The predicted molar refractivity (Wildman–Crippen MR) is 100 cm³/mol. The first kappa shape index (κ1) is 17.1. The van der Waals surface area contributed by atoms with Gasteiger partial charge in [0, 0.05) is 24.1 Å². The van der Waals surface area contributed by atoms with E-state index in [4.69, 9.17) is 5.26 Å². The average molecular weight is 343 g/mol. The van der Waals surface area contributed by atoms with Crippen LogP contribution in [0.2, 0.25) is 0 Å². The van der Waals surface area contributed by atoms with E-state index in [-0.39, 0.29) is 11.6 Å². The Kier molecular flexibility index (Phi) is 4.90. The highest BCUT2D eigenvalue weighted by atomic mass is 16.1. The Balaban J connectivity index is 1.84. The average Bonchev–Trinajstić information content (AvgIpc) is 2.68. The van der Waals surface area contributed by atoms with Crippen molar-refractivity contribution in [2.24, 2.45) is 0 Å². The van der Waals surface area contributed by atoms with Crippen molar-refractivity contribution in [3.63, 3.8) is 0 Å². The smallest absolute Gasteiger partial charge is 0.274 e. The van der Waals surface area contributed by atoms with Crippen molar-refractivity contribution in [3.8, 4) is 6.07 Å². The van der Waals surface area contributed by atoms with Crippen LogP contribution in [0.1, 0.15) is 21.7 Å². The minimum absolute atomic E-state index is 0.277. The molecule has 128 valence electrons. The van der Waals surface area contributed by atoms with Crippen molar-refractivity contribution in [3.05, 3.63) is 77.6 Å². The molecule has 0 atom stereocenters. The Bertz CT molecular complexity index is 962. The SMILES string of the molecule is Cc1cc(C(=O)Nc2ccc(C#N)cc2)nc(N(C)c2ccccc2)n1. The first-order valence-electron chi connectivity index (χ1n) is 8.03. The molecular weight excluding hydrogens is 326 g/mol. The van der Waals surface area contributed by atoms with E-state index in [1.165, 1.54) is 0 Å². The molecule has 0 spiro atoms. The lowest BCUT2D eigenvalue weighted by molar-refractivity contribution is 0.102. The Morgan fingerprint density at radius 3 is 2.42 bits per heavy atom. The summed E-state index contributed by atoms with van der Waals surface area (Å²) in [5.41, 5.74) is 3.04. The van der Waals surface area contributed by atoms with Gasteiger partial charge in [-0.05, 0) is 49.4 Å². The fraction of sp³-hybridized carbons (Fsp3) is 0.100. The summed E-state index contributed by atoms with van der Waals surface area (Å²) >= 11 is 0. The number of benzene rings is 2. The molecule has 6 heteroatoms. The number of aromatic nitrogens is 2. The zero-order valence-electron chi connectivity index (χ0n) is 14.5. The number of hydrogen-bond acceptors (Lipinski definition) is 5. The third-order valence-electron chi connectivity index (χ3n) is 3.79. The zero-order chi connectivity index (χ0) is 18.5. The zero-order valence-corrected chi connectivity index (χ0v) is 14.5. The minimum atomic E-state index is -0.331. The summed E-state index contributed by atoms with van der Waals surface area (Å²) in [6, 6.07) is 20.0. The molecular formula is C20H17N5O. The number of anilines is 3. The van der Waals surface area contributed by atoms with Gasteiger partial charge in [-0.3, -0.25) is 4.79 Å². The van der Waals surface area contributed by atoms with Gasteiger partial charge < -0.3 is 10.2 Å². The predicted octanol–water partition coefficient (Wildman–Crippen LogP) is 3.68. The lowest BCUT2D eigenvalue weighted by Gasteiger charge is -2.18. The van der Waals surface area contributed by atoms with Gasteiger partial charge in [-0.15, -0.1) is 0 Å². The summed E-state index contributed by atoms with van der Waals surface area (Å²) < 4.78 is 0. The minimum Gasteiger partial charge on any atom is -0.321 e. The van der Waals surface area contributed by atoms with E-state index < -0.39 is 0 Å². The molecule has 0 fully saturated rings. The summed E-state index contributed by atoms with van der Waals surface area (Å²) in [6.45, 7) is 1.82. The van der Waals surface area contributed by atoms with E-state index in [0.717, 1.165) is 5.69 Å². The van der Waals surface area contributed by atoms with Gasteiger partial charge in [0.05, 0.1) is 11.6 Å². The van der Waals surface area contributed by atoms with Gasteiger partial charge in [0.2, 0.25) is 5.95 Å². The second-order valence-corrected chi connectivity index (χ2v) is 5.73. The number of aryl methyl sites for hydroxylation is 1. The molecule has 0 saturated heterocycles. The molecule has 6 nitrogen and oxygen atoms in total. The van der Waals surface area contributed by atoms with Crippen molar-refractivity contribution in [2.75, 3.05) is 17.3 Å². The molecule has 0 radical (unpaired) electrons. The largest absolute Gasteiger partial charge is 0.321 e. The molecule has 0 aliphatic rings.